The summed E-state index contributed by atoms with van der Waals surface area (Å²) < 4.78 is 5.90. The van der Waals surface area contributed by atoms with Gasteiger partial charge in [0.15, 0.2) is 6.04 Å². The lowest BCUT2D eigenvalue weighted by Crippen LogP contribution is -2.45. The highest BCUT2D eigenvalue weighted by atomic mass is 16.5. The highest BCUT2D eigenvalue weighted by Gasteiger charge is 2.37. The Morgan fingerprint density at radius 1 is 1.03 bits per heavy atom. The molecule has 0 bridgehead atoms. The van der Waals surface area contributed by atoms with Gasteiger partial charge in [-0.3, -0.25) is 4.79 Å². The molecule has 0 fully saturated rings. The normalized spacial score (nSPS) is 16.3. The SMILES string of the molecule is CC(C(=O)N1CCc2cc(OCc3ccccc3)ccc2C1C(=O)O)c1ccccc1. The van der Waals surface area contributed by atoms with Gasteiger partial charge in [0.25, 0.3) is 0 Å². The average molecular weight is 415 g/mol. The van der Waals surface area contributed by atoms with E-state index in [2.05, 4.69) is 0 Å². The first-order valence-corrected chi connectivity index (χ1v) is 10.4. The van der Waals surface area contributed by atoms with E-state index in [9.17, 15) is 14.7 Å². The van der Waals surface area contributed by atoms with Crippen molar-refractivity contribution in [2.75, 3.05) is 6.54 Å². The quantitative estimate of drug-likeness (QED) is 0.640. The molecule has 1 aliphatic rings. The minimum absolute atomic E-state index is 0.173. The van der Waals surface area contributed by atoms with Crippen molar-refractivity contribution in [2.24, 2.45) is 0 Å². The highest BCUT2D eigenvalue weighted by Crippen LogP contribution is 2.34. The van der Waals surface area contributed by atoms with Crippen LogP contribution < -0.4 is 4.74 Å². The summed E-state index contributed by atoms with van der Waals surface area (Å²) in [5.74, 6) is -0.900. The van der Waals surface area contributed by atoms with Crippen molar-refractivity contribution in [3.8, 4) is 5.75 Å². The minimum atomic E-state index is -1.02. The van der Waals surface area contributed by atoms with Gasteiger partial charge in [-0.2, -0.15) is 0 Å². The van der Waals surface area contributed by atoms with E-state index >= 15 is 0 Å². The number of aliphatic carboxylic acids is 1. The predicted octanol–water partition coefficient (Wildman–Crippen LogP) is 4.58. The molecule has 3 aromatic carbocycles. The standard InChI is InChI=1S/C26H25NO4/c1-18(20-10-6-3-7-11-20)25(28)27-15-14-21-16-22(12-13-23(21)24(27)26(29)30)31-17-19-8-4-2-5-9-19/h2-13,16,18,24H,14-15,17H2,1H3,(H,29,30). The summed E-state index contributed by atoms with van der Waals surface area (Å²) in [7, 11) is 0. The number of carbonyl (C=O) groups excluding carboxylic acids is 1. The summed E-state index contributed by atoms with van der Waals surface area (Å²) in [6.07, 6.45) is 0.592. The molecule has 5 heteroatoms. The molecule has 0 saturated heterocycles. The Balaban J connectivity index is 1.54. The molecule has 158 valence electrons. The van der Waals surface area contributed by atoms with E-state index in [1.54, 1.807) is 12.1 Å². The van der Waals surface area contributed by atoms with E-state index in [4.69, 9.17) is 4.74 Å². The first-order valence-electron chi connectivity index (χ1n) is 10.4. The van der Waals surface area contributed by atoms with E-state index in [0.717, 1.165) is 16.7 Å². The second-order valence-corrected chi connectivity index (χ2v) is 7.79. The van der Waals surface area contributed by atoms with Crippen LogP contribution in [0.15, 0.2) is 78.9 Å². The molecule has 0 aromatic heterocycles. The second kappa shape index (κ2) is 9.04. The van der Waals surface area contributed by atoms with Crippen molar-refractivity contribution in [2.45, 2.75) is 31.9 Å². The first-order chi connectivity index (χ1) is 15.0. The number of hydrogen-bond donors (Lipinski definition) is 1. The maximum absolute atomic E-state index is 13.2. The molecule has 1 N–H and O–H groups in total. The van der Waals surface area contributed by atoms with Gasteiger partial charge >= 0.3 is 5.97 Å². The fraction of sp³-hybridized carbons (Fsp3) is 0.231. The molecule has 1 aliphatic heterocycles. The van der Waals surface area contributed by atoms with Gasteiger partial charge in [-0.15, -0.1) is 0 Å². The molecule has 1 amide bonds. The third kappa shape index (κ3) is 4.45. The third-order valence-electron chi connectivity index (χ3n) is 5.78. The second-order valence-electron chi connectivity index (χ2n) is 7.79. The van der Waals surface area contributed by atoms with Crippen molar-refractivity contribution in [1.82, 2.24) is 4.90 Å². The summed E-state index contributed by atoms with van der Waals surface area (Å²) in [5.41, 5.74) is 3.51. The molecular formula is C26H25NO4. The van der Waals surface area contributed by atoms with Crippen LogP contribution in [0.5, 0.6) is 5.75 Å². The van der Waals surface area contributed by atoms with E-state index in [1.165, 1.54) is 4.90 Å². The predicted molar refractivity (Wildman–Crippen MR) is 118 cm³/mol. The largest absolute Gasteiger partial charge is 0.489 e. The summed E-state index contributed by atoms with van der Waals surface area (Å²) in [6, 6.07) is 23.8. The first kappa shape index (κ1) is 20.7. The Morgan fingerprint density at radius 3 is 2.39 bits per heavy atom. The van der Waals surface area contributed by atoms with Gasteiger partial charge in [0.2, 0.25) is 5.91 Å². The van der Waals surface area contributed by atoms with Gasteiger partial charge < -0.3 is 14.7 Å². The fourth-order valence-electron chi connectivity index (χ4n) is 4.07. The molecule has 31 heavy (non-hydrogen) atoms. The Bertz CT molecular complexity index is 1070. The Hall–Kier alpha value is -3.60. The van der Waals surface area contributed by atoms with E-state index in [-0.39, 0.29) is 5.91 Å². The number of benzene rings is 3. The minimum Gasteiger partial charge on any atom is -0.489 e. The van der Waals surface area contributed by atoms with Crippen LogP contribution in [0.3, 0.4) is 0 Å². The van der Waals surface area contributed by atoms with E-state index in [0.29, 0.717) is 30.9 Å². The molecule has 4 rings (SSSR count). The Morgan fingerprint density at radius 2 is 1.71 bits per heavy atom. The van der Waals surface area contributed by atoms with Crippen LogP contribution in [0.1, 0.15) is 41.1 Å². The van der Waals surface area contributed by atoms with Crippen LogP contribution in [0, 0.1) is 0 Å². The van der Waals surface area contributed by atoms with Crippen molar-refractivity contribution in [3.63, 3.8) is 0 Å². The Labute approximate surface area is 181 Å². The van der Waals surface area contributed by atoms with Crippen LogP contribution in [0.25, 0.3) is 0 Å². The zero-order valence-corrected chi connectivity index (χ0v) is 17.4. The third-order valence-corrected chi connectivity index (χ3v) is 5.78. The average Bonchev–Trinajstić information content (AvgIpc) is 2.82. The molecular weight excluding hydrogens is 390 g/mol. The molecule has 0 saturated carbocycles. The van der Waals surface area contributed by atoms with Crippen molar-refractivity contribution >= 4 is 11.9 Å². The van der Waals surface area contributed by atoms with Crippen molar-refractivity contribution in [3.05, 3.63) is 101 Å². The lowest BCUT2D eigenvalue weighted by atomic mass is 9.90. The van der Waals surface area contributed by atoms with Crippen LogP contribution in [0.4, 0.5) is 0 Å². The number of nitrogens with zero attached hydrogens (tertiary/aromatic N) is 1. The van der Waals surface area contributed by atoms with Gasteiger partial charge in [0.1, 0.15) is 12.4 Å². The lowest BCUT2D eigenvalue weighted by Gasteiger charge is -2.36. The maximum atomic E-state index is 13.2. The molecule has 2 unspecified atom stereocenters. The number of amides is 1. The van der Waals surface area contributed by atoms with Gasteiger partial charge in [0.05, 0.1) is 5.92 Å². The van der Waals surface area contributed by atoms with Crippen LogP contribution in [-0.2, 0) is 22.6 Å². The van der Waals surface area contributed by atoms with Crippen LogP contribution in [0.2, 0.25) is 0 Å². The fourth-order valence-corrected chi connectivity index (χ4v) is 4.07. The molecule has 5 nitrogen and oxygen atoms in total. The van der Waals surface area contributed by atoms with Gasteiger partial charge in [0, 0.05) is 6.54 Å². The number of fused-ring (bicyclic) bond motifs is 1. The molecule has 0 aliphatic carbocycles. The monoisotopic (exact) mass is 415 g/mol. The number of carboxylic acid groups (broad SMARTS) is 1. The van der Waals surface area contributed by atoms with Gasteiger partial charge in [-0.05, 0) is 47.7 Å². The summed E-state index contributed by atoms with van der Waals surface area (Å²) in [4.78, 5) is 26.8. The smallest absolute Gasteiger partial charge is 0.331 e. The summed E-state index contributed by atoms with van der Waals surface area (Å²) in [5, 5.41) is 9.95. The number of rotatable bonds is 6. The van der Waals surface area contributed by atoms with Crippen molar-refractivity contribution < 1.29 is 19.4 Å². The number of hydrogen-bond acceptors (Lipinski definition) is 3. The lowest BCUT2D eigenvalue weighted by molar-refractivity contribution is -0.151. The highest BCUT2D eigenvalue weighted by molar-refractivity contribution is 5.89. The van der Waals surface area contributed by atoms with Crippen LogP contribution in [-0.4, -0.2) is 28.4 Å². The number of carboxylic acids is 1. The summed E-state index contributed by atoms with van der Waals surface area (Å²) >= 11 is 0. The van der Waals surface area contributed by atoms with Gasteiger partial charge in [-0.1, -0.05) is 66.7 Å². The van der Waals surface area contributed by atoms with Crippen molar-refractivity contribution in [1.29, 1.82) is 0 Å². The Kier molecular flexibility index (Phi) is 6.03. The van der Waals surface area contributed by atoms with E-state index < -0.39 is 17.9 Å². The number of ether oxygens (including phenoxy) is 1. The maximum Gasteiger partial charge on any atom is 0.331 e. The topological polar surface area (TPSA) is 66.8 Å². The van der Waals surface area contributed by atoms with E-state index in [1.807, 2.05) is 73.7 Å². The molecule has 0 spiro atoms. The molecule has 0 radical (unpaired) electrons. The zero-order valence-electron chi connectivity index (χ0n) is 17.4. The molecule has 3 aromatic rings. The molecule has 2 atom stereocenters. The number of carbonyl (C=O) groups is 2. The summed E-state index contributed by atoms with van der Waals surface area (Å²) in [6.45, 7) is 2.63. The van der Waals surface area contributed by atoms with Crippen LogP contribution >= 0.6 is 0 Å². The molecule has 1 heterocycles. The zero-order chi connectivity index (χ0) is 21.8. The van der Waals surface area contributed by atoms with Gasteiger partial charge in [-0.25, -0.2) is 4.79 Å².